The molecular weight excluding hydrogens is 350 g/mol. The van der Waals surface area contributed by atoms with Crippen molar-refractivity contribution in [2.24, 2.45) is 0 Å². The molecule has 2 aromatic rings. The van der Waals surface area contributed by atoms with Crippen molar-refractivity contribution >= 4 is 17.7 Å². The summed E-state index contributed by atoms with van der Waals surface area (Å²) in [5.41, 5.74) is 2.11. The van der Waals surface area contributed by atoms with Crippen LogP contribution in [0, 0.1) is 6.92 Å². The lowest BCUT2D eigenvalue weighted by atomic mass is 10.0. The fourth-order valence-electron chi connectivity index (χ4n) is 2.82. The first-order chi connectivity index (χ1) is 12.6. The number of amides is 1. The largest absolute Gasteiger partial charge is 0.496 e. The topological polar surface area (TPSA) is 56.8 Å². The summed E-state index contributed by atoms with van der Waals surface area (Å²) in [6.45, 7) is 5.11. The van der Waals surface area contributed by atoms with Crippen LogP contribution >= 0.6 is 11.8 Å². The monoisotopic (exact) mass is 373 g/mol. The number of aryl methyl sites for hydroxylation is 1. The number of nitrogens with one attached hydrogen (secondary N) is 1. The van der Waals surface area contributed by atoms with Crippen LogP contribution in [0.3, 0.4) is 0 Å². The third kappa shape index (κ3) is 4.43. The van der Waals surface area contributed by atoms with E-state index in [9.17, 15) is 4.79 Å². The second kappa shape index (κ2) is 8.36. The average Bonchev–Trinajstić information content (AvgIpc) is 2.66. The molecule has 0 spiro atoms. The molecule has 0 radical (unpaired) electrons. The standard InChI is InChI=1S/C20H23NO4S/c1-13-4-6-17(23-3)16(10-13)14(2)21-20(22)12-26-15-5-7-18-19(11-15)25-9-8-24-18/h4-7,10-11,14H,8-9,12H2,1-3H3,(H,21,22)/t14-/m1/s1. The molecule has 0 unspecified atom stereocenters. The van der Waals surface area contributed by atoms with Crippen LogP contribution in [-0.2, 0) is 4.79 Å². The molecule has 0 bridgehead atoms. The molecule has 0 saturated heterocycles. The molecule has 1 aliphatic rings. The van der Waals surface area contributed by atoms with Crippen molar-refractivity contribution in [2.75, 3.05) is 26.1 Å². The predicted octanol–water partition coefficient (Wildman–Crippen LogP) is 3.74. The Hall–Kier alpha value is -2.34. The van der Waals surface area contributed by atoms with Crippen LogP contribution in [0.1, 0.15) is 24.1 Å². The van der Waals surface area contributed by atoms with Crippen molar-refractivity contribution in [3.63, 3.8) is 0 Å². The molecule has 0 fully saturated rings. The SMILES string of the molecule is COc1ccc(C)cc1[C@@H](C)NC(=O)CSc1ccc2c(c1)OCCO2. The molecule has 6 heteroatoms. The average molecular weight is 373 g/mol. The van der Waals surface area contributed by atoms with Gasteiger partial charge in [0.15, 0.2) is 11.5 Å². The van der Waals surface area contributed by atoms with Gasteiger partial charge >= 0.3 is 0 Å². The quantitative estimate of drug-likeness (QED) is 0.782. The summed E-state index contributed by atoms with van der Waals surface area (Å²) in [6, 6.07) is 11.6. The lowest BCUT2D eigenvalue weighted by molar-refractivity contribution is -0.119. The highest BCUT2D eigenvalue weighted by molar-refractivity contribution is 8.00. The number of carbonyl (C=O) groups excluding carboxylic acids is 1. The number of ether oxygens (including phenoxy) is 3. The maximum absolute atomic E-state index is 12.3. The minimum Gasteiger partial charge on any atom is -0.496 e. The summed E-state index contributed by atoms with van der Waals surface area (Å²) in [4.78, 5) is 13.3. The highest BCUT2D eigenvalue weighted by Gasteiger charge is 2.16. The van der Waals surface area contributed by atoms with Gasteiger partial charge in [-0.2, -0.15) is 0 Å². The maximum atomic E-state index is 12.3. The molecule has 2 aromatic carbocycles. The fourth-order valence-corrected chi connectivity index (χ4v) is 3.55. The molecule has 1 N–H and O–H groups in total. The molecule has 138 valence electrons. The van der Waals surface area contributed by atoms with Gasteiger partial charge in [0.1, 0.15) is 19.0 Å². The van der Waals surface area contributed by atoms with Gasteiger partial charge in [-0.25, -0.2) is 0 Å². The predicted molar refractivity (Wildman–Crippen MR) is 102 cm³/mol. The van der Waals surface area contributed by atoms with Crippen molar-refractivity contribution in [1.29, 1.82) is 0 Å². The summed E-state index contributed by atoms with van der Waals surface area (Å²) >= 11 is 1.47. The van der Waals surface area contributed by atoms with E-state index in [2.05, 4.69) is 5.32 Å². The van der Waals surface area contributed by atoms with Crippen LogP contribution in [0.25, 0.3) is 0 Å². The van der Waals surface area contributed by atoms with Crippen molar-refractivity contribution in [3.05, 3.63) is 47.5 Å². The molecule has 26 heavy (non-hydrogen) atoms. The van der Waals surface area contributed by atoms with Gasteiger partial charge in [-0.05, 0) is 38.1 Å². The summed E-state index contributed by atoms with van der Waals surface area (Å²) in [5, 5.41) is 3.03. The Balaban J connectivity index is 1.58. The number of carbonyl (C=O) groups is 1. The molecule has 1 aliphatic heterocycles. The van der Waals surface area contributed by atoms with Crippen LogP contribution in [0.2, 0.25) is 0 Å². The molecule has 0 aromatic heterocycles. The molecule has 1 heterocycles. The van der Waals surface area contributed by atoms with Crippen molar-refractivity contribution in [1.82, 2.24) is 5.32 Å². The van der Waals surface area contributed by atoms with Crippen LogP contribution in [0.4, 0.5) is 0 Å². The Morgan fingerprint density at radius 3 is 2.73 bits per heavy atom. The Bertz CT molecular complexity index is 793. The normalized spacial score (nSPS) is 13.8. The highest BCUT2D eigenvalue weighted by atomic mass is 32.2. The van der Waals surface area contributed by atoms with E-state index in [0.29, 0.717) is 19.0 Å². The lowest BCUT2D eigenvalue weighted by Gasteiger charge is -2.19. The molecule has 0 saturated carbocycles. The number of fused-ring (bicyclic) bond motifs is 1. The van der Waals surface area contributed by atoms with Gasteiger partial charge in [-0.15, -0.1) is 11.8 Å². The molecule has 0 aliphatic carbocycles. The first-order valence-corrected chi connectivity index (χ1v) is 9.51. The van der Waals surface area contributed by atoms with Gasteiger partial charge in [-0.1, -0.05) is 17.7 Å². The van der Waals surface area contributed by atoms with Gasteiger partial charge in [-0.3, -0.25) is 4.79 Å². The minimum atomic E-state index is -0.127. The number of methoxy groups -OCH3 is 1. The molecular formula is C20H23NO4S. The van der Waals surface area contributed by atoms with E-state index in [-0.39, 0.29) is 11.9 Å². The van der Waals surface area contributed by atoms with E-state index in [1.165, 1.54) is 11.8 Å². The van der Waals surface area contributed by atoms with Gasteiger partial charge < -0.3 is 19.5 Å². The smallest absolute Gasteiger partial charge is 0.230 e. The maximum Gasteiger partial charge on any atom is 0.230 e. The number of hydrogen-bond acceptors (Lipinski definition) is 5. The third-order valence-corrected chi connectivity index (χ3v) is 5.11. The van der Waals surface area contributed by atoms with E-state index in [1.54, 1.807) is 7.11 Å². The third-order valence-electron chi connectivity index (χ3n) is 4.11. The van der Waals surface area contributed by atoms with Crippen LogP contribution in [0.5, 0.6) is 17.2 Å². The first-order valence-electron chi connectivity index (χ1n) is 8.53. The Kier molecular flexibility index (Phi) is 5.93. The minimum absolute atomic E-state index is 0.0269. The Labute approximate surface area is 158 Å². The van der Waals surface area contributed by atoms with E-state index >= 15 is 0 Å². The van der Waals surface area contributed by atoms with Gasteiger partial charge in [0.25, 0.3) is 0 Å². The summed E-state index contributed by atoms with van der Waals surface area (Å²) in [6.07, 6.45) is 0. The zero-order chi connectivity index (χ0) is 18.5. The second-order valence-corrected chi connectivity index (χ2v) is 7.18. The second-order valence-electron chi connectivity index (χ2n) is 6.13. The molecule has 1 amide bonds. The summed E-state index contributed by atoms with van der Waals surface area (Å²) in [7, 11) is 1.64. The van der Waals surface area contributed by atoms with Crippen molar-refractivity contribution in [3.8, 4) is 17.2 Å². The number of benzene rings is 2. The summed E-state index contributed by atoms with van der Waals surface area (Å²) in [5.74, 6) is 2.58. The fraction of sp³-hybridized carbons (Fsp3) is 0.350. The van der Waals surface area contributed by atoms with E-state index in [1.807, 2.05) is 50.2 Å². The van der Waals surface area contributed by atoms with Crippen LogP contribution in [0.15, 0.2) is 41.3 Å². The molecule has 1 atom stereocenters. The van der Waals surface area contributed by atoms with Crippen LogP contribution in [-0.4, -0.2) is 32.0 Å². The van der Waals surface area contributed by atoms with Gasteiger partial charge in [0, 0.05) is 10.5 Å². The van der Waals surface area contributed by atoms with E-state index < -0.39 is 0 Å². The highest BCUT2D eigenvalue weighted by Crippen LogP contribution is 2.34. The van der Waals surface area contributed by atoms with Crippen LogP contribution < -0.4 is 19.5 Å². The molecule has 5 nitrogen and oxygen atoms in total. The Morgan fingerprint density at radius 2 is 1.96 bits per heavy atom. The zero-order valence-electron chi connectivity index (χ0n) is 15.2. The zero-order valence-corrected chi connectivity index (χ0v) is 16.0. The number of rotatable bonds is 6. The van der Waals surface area contributed by atoms with Crippen molar-refractivity contribution in [2.45, 2.75) is 24.8 Å². The van der Waals surface area contributed by atoms with E-state index in [4.69, 9.17) is 14.2 Å². The lowest BCUT2D eigenvalue weighted by Crippen LogP contribution is -2.28. The van der Waals surface area contributed by atoms with E-state index in [0.717, 1.165) is 33.3 Å². The Morgan fingerprint density at radius 1 is 1.19 bits per heavy atom. The van der Waals surface area contributed by atoms with Gasteiger partial charge in [0.05, 0.1) is 18.9 Å². The number of thioether (sulfide) groups is 1. The summed E-state index contributed by atoms with van der Waals surface area (Å²) < 4.78 is 16.5. The molecule has 3 rings (SSSR count). The van der Waals surface area contributed by atoms with Gasteiger partial charge in [0.2, 0.25) is 5.91 Å². The number of hydrogen-bond donors (Lipinski definition) is 1. The van der Waals surface area contributed by atoms with Crippen molar-refractivity contribution < 1.29 is 19.0 Å². The first kappa shape index (κ1) is 18.5.